The third-order valence-electron chi connectivity index (χ3n) is 6.51. The molecule has 0 radical (unpaired) electrons. The van der Waals surface area contributed by atoms with Gasteiger partial charge in [-0.3, -0.25) is 9.59 Å². The molecule has 190 valence electrons. The monoisotopic (exact) mass is 526 g/mol. The molecular weight excluding hydrogens is 503 g/mol. The van der Waals surface area contributed by atoms with Gasteiger partial charge in [0.2, 0.25) is 0 Å². The van der Waals surface area contributed by atoms with Gasteiger partial charge in [-0.25, -0.2) is 4.39 Å². The second-order valence-corrected chi connectivity index (χ2v) is 9.94. The lowest BCUT2D eigenvalue weighted by molar-refractivity contribution is 0.0911. The first kappa shape index (κ1) is 25.2. The molecular formula is C31H24ClFN2O3. The van der Waals surface area contributed by atoms with Gasteiger partial charge in [0.1, 0.15) is 17.2 Å². The number of nitrogens with one attached hydrogen (secondary N) is 1. The highest BCUT2D eigenvalue weighted by molar-refractivity contribution is 6.34. The van der Waals surface area contributed by atoms with Crippen molar-refractivity contribution in [2.45, 2.75) is 19.4 Å². The summed E-state index contributed by atoms with van der Waals surface area (Å²) in [5.74, 6) is -1.11. The number of rotatable bonds is 6. The molecule has 0 saturated heterocycles. The van der Waals surface area contributed by atoms with E-state index in [1.54, 1.807) is 30.3 Å². The summed E-state index contributed by atoms with van der Waals surface area (Å²) in [5, 5.41) is 3.89. The fraction of sp³-hybridized carbons (Fsp3) is 0.0968. The number of amides is 2. The highest BCUT2D eigenvalue weighted by Gasteiger charge is 2.25. The Morgan fingerprint density at radius 3 is 2.18 bits per heavy atom. The number of halogens is 2. The highest BCUT2D eigenvalue weighted by Crippen LogP contribution is 2.36. The van der Waals surface area contributed by atoms with Gasteiger partial charge in [0.15, 0.2) is 0 Å². The predicted molar refractivity (Wildman–Crippen MR) is 148 cm³/mol. The van der Waals surface area contributed by atoms with Gasteiger partial charge in [0, 0.05) is 10.9 Å². The van der Waals surface area contributed by atoms with Crippen molar-refractivity contribution in [3.05, 3.63) is 119 Å². The van der Waals surface area contributed by atoms with E-state index in [1.165, 1.54) is 24.3 Å². The van der Waals surface area contributed by atoms with Gasteiger partial charge < -0.3 is 15.5 Å². The molecule has 0 saturated carbocycles. The lowest BCUT2D eigenvalue weighted by atomic mass is 9.93. The SMILES string of the molecule is CC(C)(NC(=O)c1cc(-c2ccc3oc(-c4ccc(F)cc4)c(C(N)=O)c3c2)ccc1Cl)c1ccccc1. The molecule has 0 atom stereocenters. The van der Waals surface area contributed by atoms with Gasteiger partial charge in [0.05, 0.1) is 21.7 Å². The number of furan rings is 1. The van der Waals surface area contributed by atoms with E-state index in [0.29, 0.717) is 27.1 Å². The van der Waals surface area contributed by atoms with E-state index in [0.717, 1.165) is 16.7 Å². The fourth-order valence-corrected chi connectivity index (χ4v) is 4.69. The van der Waals surface area contributed by atoms with Crippen LogP contribution >= 0.6 is 11.6 Å². The van der Waals surface area contributed by atoms with Crippen LogP contribution in [-0.2, 0) is 5.54 Å². The normalized spacial score (nSPS) is 11.5. The van der Waals surface area contributed by atoms with Crippen molar-refractivity contribution in [2.24, 2.45) is 5.73 Å². The van der Waals surface area contributed by atoms with Crippen LogP contribution in [-0.4, -0.2) is 11.8 Å². The van der Waals surface area contributed by atoms with Gasteiger partial charge in [-0.1, -0.05) is 54.1 Å². The largest absolute Gasteiger partial charge is 0.455 e. The Bertz CT molecular complexity index is 1680. The maximum atomic E-state index is 13.4. The van der Waals surface area contributed by atoms with Crippen LogP contribution in [0.1, 0.15) is 40.1 Å². The maximum absolute atomic E-state index is 13.4. The molecule has 0 spiro atoms. The Labute approximate surface area is 224 Å². The number of primary amides is 1. The zero-order chi connectivity index (χ0) is 27.0. The minimum Gasteiger partial charge on any atom is -0.455 e. The molecule has 2 amide bonds. The van der Waals surface area contributed by atoms with Crippen LogP contribution in [0.5, 0.6) is 0 Å². The predicted octanol–water partition coefficient (Wildman–Crippen LogP) is 7.32. The van der Waals surface area contributed by atoms with Crippen molar-refractivity contribution in [3.63, 3.8) is 0 Å². The molecule has 0 unspecified atom stereocenters. The molecule has 5 aromatic rings. The molecule has 0 bridgehead atoms. The van der Waals surface area contributed by atoms with Crippen LogP contribution in [0.2, 0.25) is 5.02 Å². The van der Waals surface area contributed by atoms with E-state index < -0.39 is 17.3 Å². The first-order valence-electron chi connectivity index (χ1n) is 11.9. The number of carbonyl (C=O) groups is 2. The molecule has 1 heterocycles. The molecule has 5 rings (SSSR count). The van der Waals surface area contributed by atoms with Crippen molar-refractivity contribution >= 4 is 34.4 Å². The van der Waals surface area contributed by atoms with Crippen LogP contribution in [0, 0.1) is 5.82 Å². The Morgan fingerprint density at radius 2 is 1.50 bits per heavy atom. The summed E-state index contributed by atoms with van der Waals surface area (Å²) in [4.78, 5) is 25.7. The summed E-state index contributed by atoms with van der Waals surface area (Å²) in [6.07, 6.45) is 0. The van der Waals surface area contributed by atoms with E-state index in [2.05, 4.69) is 5.32 Å². The van der Waals surface area contributed by atoms with E-state index in [-0.39, 0.29) is 17.2 Å². The van der Waals surface area contributed by atoms with Crippen LogP contribution in [0.3, 0.4) is 0 Å². The van der Waals surface area contributed by atoms with Gasteiger partial charge >= 0.3 is 0 Å². The van der Waals surface area contributed by atoms with E-state index in [1.807, 2.05) is 50.2 Å². The summed E-state index contributed by atoms with van der Waals surface area (Å²) in [7, 11) is 0. The average molecular weight is 527 g/mol. The van der Waals surface area contributed by atoms with Crippen molar-refractivity contribution < 1.29 is 18.4 Å². The third-order valence-corrected chi connectivity index (χ3v) is 6.84. The first-order chi connectivity index (χ1) is 18.1. The second-order valence-electron chi connectivity index (χ2n) is 9.53. The van der Waals surface area contributed by atoms with Gasteiger partial charge in [-0.15, -0.1) is 0 Å². The number of fused-ring (bicyclic) bond motifs is 1. The van der Waals surface area contributed by atoms with Crippen LogP contribution in [0.4, 0.5) is 4.39 Å². The molecule has 0 fully saturated rings. The Morgan fingerprint density at radius 1 is 0.868 bits per heavy atom. The lowest BCUT2D eigenvalue weighted by Crippen LogP contribution is -2.41. The van der Waals surface area contributed by atoms with Gasteiger partial charge in [-0.2, -0.15) is 0 Å². The number of benzene rings is 4. The van der Waals surface area contributed by atoms with E-state index >= 15 is 0 Å². The van der Waals surface area contributed by atoms with Gasteiger partial charge in [0.25, 0.3) is 11.8 Å². The molecule has 0 aliphatic heterocycles. The molecule has 38 heavy (non-hydrogen) atoms. The molecule has 0 aliphatic carbocycles. The molecule has 3 N–H and O–H groups in total. The number of hydrogen-bond donors (Lipinski definition) is 2. The zero-order valence-electron chi connectivity index (χ0n) is 20.7. The lowest BCUT2D eigenvalue weighted by Gasteiger charge is -2.27. The Balaban J connectivity index is 1.53. The van der Waals surface area contributed by atoms with Crippen LogP contribution in [0.15, 0.2) is 95.4 Å². The summed E-state index contributed by atoms with van der Waals surface area (Å²) < 4.78 is 19.4. The molecule has 7 heteroatoms. The van der Waals surface area contributed by atoms with Crippen molar-refractivity contribution in [1.82, 2.24) is 5.32 Å². The summed E-state index contributed by atoms with van der Waals surface area (Å²) in [6, 6.07) is 25.8. The van der Waals surface area contributed by atoms with Crippen molar-refractivity contribution in [1.29, 1.82) is 0 Å². The zero-order valence-corrected chi connectivity index (χ0v) is 21.5. The maximum Gasteiger partial charge on any atom is 0.253 e. The number of carbonyl (C=O) groups excluding carboxylic acids is 2. The van der Waals surface area contributed by atoms with Crippen LogP contribution in [0.25, 0.3) is 33.4 Å². The fourth-order valence-electron chi connectivity index (χ4n) is 4.48. The Hall–Kier alpha value is -4.42. The first-order valence-corrected chi connectivity index (χ1v) is 12.3. The topological polar surface area (TPSA) is 85.3 Å². The van der Waals surface area contributed by atoms with Crippen molar-refractivity contribution in [3.8, 4) is 22.5 Å². The Kier molecular flexibility index (Phi) is 6.51. The molecule has 5 nitrogen and oxygen atoms in total. The second kappa shape index (κ2) is 9.80. The standard InChI is InChI=1S/C31H24ClFN2O3/c1-31(2,21-6-4-3-5-7-21)35-30(37)23-16-19(10-14-25(23)32)20-11-15-26-24(17-20)27(29(34)36)28(38-26)18-8-12-22(33)13-9-18/h3-17H,1-2H3,(H2,34,36)(H,35,37). The minimum atomic E-state index is -0.667. The third kappa shape index (κ3) is 4.78. The summed E-state index contributed by atoms with van der Waals surface area (Å²) in [5.41, 5.74) is 9.03. The molecule has 1 aromatic heterocycles. The van der Waals surface area contributed by atoms with E-state index in [4.69, 9.17) is 21.8 Å². The van der Waals surface area contributed by atoms with E-state index in [9.17, 15) is 14.0 Å². The summed E-state index contributed by atoms with van der Waals surface area (Å²) in [6.45, 7) is 3.85. The number of nitrogens with two attached hydrogens (primary N) is 1. The summed E-state index contributed by atoms with van der Waals surface area (Å²) >= 11 is 6.43. The van der Waals surface area contributed by atoms with Gasteiger partial charge in [-0.05, 0) is 79.1 Å². The number of hydrogen-bond acceptors (Lipinski definition) is 3. The average Bonchev–Trinajstić information content (AvgIpc) is 3.29. The van der Waals surface area contributed by atoms with Crippen molar-refractivity contribution in [2.75, 3.05) is 0 Å². The highest BCUT2D eigenvalue weighted by atomic mass is 35.5. The quantitative estimate of drug-likeness (QED) is 0.243. The van der Waals surface area contributed by atoms with Crippen LogP contribution < -0.4 is 11.1 Å². The molecule has 0 aliphatic rings. The smallest absolute Gasteiger partial charge is 0.253 e. The molecule has 4 aromatic carbocycles. The minimum absolute atomic E-state index is 0.199.